The van der Waals surface area contributed by atoms with Crippen molar-refractivity contribution in [3.63, 3.8) is 0 Å². The molecule has 6 unspecified atom stereocenters. The molecule has 6 aliphatic rings. The molecule has 6 fully saturated rings. The lowest BCUT2D eigenvalue weighted by Crippen LogP contribution is -2.66. The summed E-state index contributed by atoms with van der Waals surface area (Å²) in [5.41, 5.74) is 3.89. The van der Waals surface area contributed by atoms with Crippen LogP contribution >= 0.6 is 0 Å². The first-order valence-corrected chi connectivity index (χ1v) is 16.8. The van der Waals surface area contributed by atoms with Gasteiger partial charge in [0.1, 0.15) is 6.61 Å². The Labute approximate surface area is 246 Å². The Bertz CT molecular complexity index is 896. The van der Waals surface area contributed by atoms with Crippen LogP contribution in [0.3, 0.4) is 0 Å². The number of nitrogens with one attached hydrogen (secondary N) is 2. The zero-order valence-electron chi connectivity index (χ0n) is 25.2. The van der Waals surface area contributed by atoms with Gasteiger partial charge in [-0.2, -0.15) is 0 Å². The average Bonchev–Trinajstić information content (AvgIpc) is 3.29. The normalized spacial score (nSPS) is 37.0. The van der Waals surface area contributed by atoms with Gasteiger partial charge in [-0.3, -0.25) is 19.9 Å². The van der Waals surface area contributed by atoms with E-state index in [0.717, 1.165) is 58.2 Å². The summed E-state index contributed by atoms with van der Waals surface area (Å²) in [6.45, 7) is 10.7. The number of ether oxygens (including phenoxy) is 1. The predicted octanol–water partition coefficient (Wildman–Crippen LogP) is 1.61. The Kier molecular flexibility index (Phi) is 9.84. The summed E-state index contributed by atoms with van der Waals surface area (Å²) in [7, 11) is 0. The smallest absolute Gasteiger partial charge is 0.310 e. The standard InChI is InChI=1S/C31H54N6O4/c1-22-17-23-7-5-11-32-28(23)29(30(22)41-21-27(38)36-18-24(19-36)31(39)40)35-13-6-12-34(15-16-35)20-25-10-14-37(33-25)26-8-3-2-4-9-26/h22-26,28-30,32-33H,2-21H2,1H3,(H,39,40). The van der Waals surface area contributed by atoms with Gasteiger partial charge in [0, 0.05) is 57.4 Å². The van der Waals surface area contributed by atoms with Gasteiger partial charge < -0.3 is 25.0 Å². The number of nitrogens with zero attached hydrogens (tertiary/aromatic N) is 4. The van der Waals surface area contributed by atoms with Crippen LogP contribution in [-0.2, 0) is 14.3 Å². The SMILES string of the molecule is CC1CC2CCCNC2C(N2CCCN(CC3CCN(C4CCCCC4)N3)CC2)C1OCC(=O)N1CC(C(=O)O)C1. The Morgan fingerprint density at radius 2 is 1.76 bits per heavy atom. The number of amides is 1. The lowest BCUT2D eigenvalue weighted by atomic mass is 9.70. The molecule has 4 heterocycles. The molecule has 0 bridgehead atoms. The molecule has 0 aromatic carbocycles. The minimum Gasteiger partial charge on any atom is -0.481 e. The van der Waals surface area contributed by atoms with Crippen molar-refractivity contribution in [2.75, 3.05) is 65.5 Å². The van der Waals surface area contributed by atoms with Crippen LogP contribution in [0.2, 0.25) is 0 Å². The van der Waals surface area contributed by atoms with Crippen molar-refractivity contribution in [1.29, 1.82) is 0 Å². The Morgan fingerprint density at radius 3 is 2.56 bits per heavy atom. The fourth-order valence-corrected chi connectivity index (χ4v) is 8.85. The third-order valence-electron chi connectivity index (χ3n) is 11.2. The highest BCUT2D eigenvalue weighted by molar-refractivity contribution is 5.81. The summed E-state index contributed by atoms with van der Waals surface area (Å²) in [4.78, 5) is 31.1. The molecule has 4 aliphatic heterocycles. The van der Waals surface area contributed by atoms with Gasteiger partial charge in [-0.1, -0.05) is 26.2 Å². The molecule has 1 amide bonds. The molecular weight excluding hydrogens is 520 g/mol. The molecule has 0 aromatic heterocycles. The van der Waals surface area contributed by atoms with E-state index in [1.807, 2.05) is 0 Å². The van der Waals surface area contributed by atoms with Crippen LogP contribution in [-0.4, -0.2) is 132 Å². The number of carboxylic acids is 1. The van der Waals surface area contributed by atoms with E-state index in [9.17, 15) is 14.7 Å². The number of carbonyl (C=O) groups excluding carboxylic acids is 1. The number of likely N-dealkylation sites (tertiary alicyclic amines) is 1. The molecule has 2 saturated carbocycles. The molecular formula is C31H54N6O4. The average molecular weight is 575 g/mol. The summed E-state index contributed by atoms with van der Waals surface area (Å²) >= 11 is 0. The van der Waals surface area contributed by atoms with E-state index in [-0.39, 0.29) is 24.7 Å². The van der Waals surface area contributed by atoms with Crippen molar-refractivity contribution in [2.24, 2.45) is 17.8 Å². The fraction of sp³-hybridized carbons (Fsp3) is 0.935. The second-order valence-corrected chi connectivity index (χ2v) is 14.0. The number of piperidine rings is 1. The molecule has 0 radical (unpaired) electrons. The van der Waals surface area contributed by atoms with Gasteiger partial charge in [-0.15, -0.1) is 0 Å². The van der Waals surface area contributed by atoms with Gasteiger partial charge in [-0.05, 0) is 76.4 Å². The van der Waals surface area contributed by atoms with Crippen molar-refractivity contribution in [1.82, 2.24) is 30.5 Å². The minimum absolute atomic E-state index is 0.00875. The van der Waals surface area contributed by atoms with E-state index in [0.29, 0.717) is 37.0 Å². The molecule has 0 spiro atoms. The summed E-state index contributed by atoms with van der Waals surface area (Å²) < 4.78 is 6.52. The van der Waals surface area contributed by atoms with E-state index >= 15 is 0 Å². The van der Waals surface area contributed by atoms with E-state index in [2.05, 4.69) is 32.5 Å². The molecule has 10 nitrogen and oxygen atoms in total. The van der Waals surface area contributed by atoms with Crippen LogP contribution in [0.5, 0.6) is 0 Å². The van der Waals surface area contributed by atoms with Crippen molar-refractivity contribution in [3.8, 4) is 0 Å². The van der Waals surface area contributed by atoms with Gasteiger partial charge >= 0.3 is 5.97 Å². The van der Waals surface area contributed by atoms with Crippen LogP contribution < -0.4 is 10.7 Å². The van der Waals surface area contributed by atoms with Crippen molar-refractivity contribution in [3.05, 3.63) is 0 Å². The first-order valence-electron chi connectivity index (χ1n) is 16.8. The third kappa shape index (κ3) is 6.93. The minimum atomic E-state index is -0.814. The van der Waals surface area contributed by atoms with Crippen molar-refractivity contribution >= 4 is 11.9 Å². The van der Waals surface area contributed by atoms with Crippen LogP contribution in [0.15, 0.2) is 0 Å². The Balaban J connectivity index is 1.05. The molecule has 10 heteroatoms. The number of rotatable bonds is 8. The predicted molar refractivity (Wildman–Crippen MR) is 157 cm³/mol. The molecule has 6 atom stereocenters. The zero-order chi connectivity index (χ0) is 28.3. The van der Waals surface area contributed by atoms with E-state index in [1.165, 1.54) is 57.9 Å². The maximum atomic E-state index is 12.9. The highest BCUT2D eigenvalue weighted by Gasteiger charge is 2.48. The lowest BCUT2D eigenvalue weighted by Gasteiger charge is -2.52. The second-order valence-electron chi connectivity index (χ2n) is 14.0. The Hall–Kier alpha value is -1.30. The number of aliphatic carboxylic acids is 1. The van der Waals surface area contributed by atoms with Crippen LogP contribution in [0.25, 0.3) is 0 Å². The highest BCUT2D eigenvalue weighted by atomic mass is 16.5. The van der Waals surface area contributed by atoms with Gasteiger partial charge in [0.15, 0.2) is 0 Å². The molecule has 2 aliphatic carbocycles. The number of hydrazine groups is 1. The first kappa shape index (κ1) is 29.8. The number of hydrogen-bond donors (Lipinski definition) is 3. The summed E-state index contributed by atoms with van der Waals surface area (Å²) in [5, 5.41) is 15.6. The quantitative estimate of drug-likeness (QED) is 0.399. The summed E-state index contributed by atoms with van der Waals surface area (Å²) in [6.07, 6.45) is 13.0. The molecule has 232 valence electrons. The molecule has 6 rings (SSSR count). The number of fused-ring (bicyclic) bond motifs is 1. The Morgan fingerprint density at radius 1 is 0.927 bits per heavy atom. The fourth-order valence-electron chi connectivity index (χ4n) is 8.85. The van der Waals surface area contributed by atoms with E-state index < -0.39 is 11.9 Å². The number of carboxylic acid groups (broad SMARTS) is 1. The maximum Gasteiger partial charge on any atom is 0.310 e. The van der Waals surface area contributed by atoms with Gasteiger partial charge in [0.05, 0.1) is 18.1 Å². The molecule has 3 N–H and O–H groups in total. The van der Waals surface area contributed by atoms with Crippen LogP contribution in [0.4, 0.5) is 0 Å². The van der Waals surface area contributed by atoms with Gasteiger partial charge in [0.2, 0.25) is 5.91 Å². The largest absolute Gasteiger partial charge is 0.481 e. The van der Waals surface area contributed by atoms with Gasteiger partial charge in [0.25, 0.3) is 0 Å². The monoisotopic (exact) mass is 574 g/mol. The van der Waals surface area contributed by atoms with Gasteiger partial charge in [-0.25, -0.2) is 5.01 Å². The third-order valence-corrected chi connectivity index (χ3v) is 11.2. The van der Waals surface area contributed by atoms with Crippen molar-refractivity contribution < 1.29 is 19.4 Å². The summed E-state index contributed by atoms with van der Waals surface area (Å²) in [6, 6.07) is 1.98. The number of carbonyl (C=O) groups is 2. The second kappa shape index (κ2) is 13.6. The number of hydrogen-bond acceptors (Lipinski definition) is 8. The first-order chi connectivity index (χ1) is 20.0. The van der Waals surface area contributed by atoms with Crippen molar-refractivity contribution in [2.45, 2.75) is 101 Å². The van der Waals surface area contributed by atoms with Crippen LogP contribution in [0, 0.1) is 17.8 Å². The highest BCUT2D eigenvalue weighted by Crippen LogP contribution is 2.39. The van der Waals surface area contributed by atoms with E-state index in [4.69, 9.17) is 4.74 Å². The molecule has 41 heavy (non-hydrogen) atoms. The summed E-state index contributed by atoms with van der Waals surface area (Å²) in [5.74, 6) is -0.252. The lowest BCUT2D eigenvalue weighted by molar-refractivity contribution is -0.159. The van der Waals surface area contributed by atoms with E-state index in [1.54, 1.807) is 4.90 Å². The van der Waals surface area contributed by atoms with Crippen LogP contribution in [0.1, 0.15) is 71.1 Å². The molecule has 0 aromatic rings. The maximum absolute atomic E-state index is 12.9. The zero-order valence-corrected chi connectivity index (χ0v) is 25.2. The topological polar surface area (TPSA) is 101 Å². The molecule has 4 saturated heterocycles.